The Balaban J connectivity index is 1.94. The van der Waals surface area contributed by atoms with Gasteiger partial charge in [0.25, 0.3) is 0 Å². The zero-order valence-corrected chi connectivity index (χ0v) is 11.1. The van der Waals surface area contributed by atoms with Crippen molar-refractivity contribution in [3.63, 3.8) is 0 Å². The molecule has 0 heterocycles. The first-order valence-electron chi connectivity index (χ1n) is 5.88. The van der Waals surface area contributed by atoms with Gasteiger partial charge in [-0.2, -0.15) is 0 Å². The third kappa shape index (κ3) is 4.34. The lowest BCUT2D eigenvalue weighted by Gasteiger charge is -2.07. The van der Waals surface area contributed by atoms with Crippen LogP contribution >= 0.6 is 12.2 Å². The molecule has 0 fully saturated rings. The van der Waals surface area contributed by atoms with Gasteiger partial charge in [0.2, 0.25) is 0 Å². The first kappa shape index (κ1) is 13.5. The van der Waals surface area contributed by atoms with Crippen LogP contribution in [0.1, 0.15) is 11.1 Å². The molecular weight excluding hydrogens is 261 g/mol. The Morgan fingerprint density at radius 1 is 1.11 bits per heavy atom. The second kappa shape index (κ2) is 6.29. The van der Waals surface area contributed by atoms with Gasteiger partial charge < -0.3 is 10.5 Å². The number of ether oxygens (including phenoxy) is 1. The van der Waals surface area contributed by atoms with E-state index < -0.39 is 0 Å². The first-order valence-corrected chi connectivity index (χ1v) is 6.29. The zero-order chi connectivity index (χ0) is 13.7. The Morgan fingerprint density at radius 3 is 2.47 bits per heavy atom. The highest BCUT2D eigenvalue weighted by molar-refractivity contribution is 7.80. The average Bonchev–Trinajstić information content (AvgIpc) is 2.37. The van der Waals surface area contributed by atoms with E-state index in [1.54, 1.807) is 6.07 Å². The van der Waals surface area contributed by atoms with Crippen LogP contribution in [0.4, 0.5) is 4.39 Å². The van der Waals surface area contributed by atoms with Crippen LogP contribution in [-0.2, 0) is 13.0 Å². The summed E-state index contributed by atoms with van der Waals surface area (Å²) in [5.41, 5.74) is 7.32. The van der Waals surface area contributed by atoms with E-state index in [1.165, 1.54) is 12.1 Å². The molecule has 0 spiro atoms. The van der Waals surface area contributed by atoms with Gasteiger partial charge in [0.1, 0.15) is 18.2 Å². The molecule has 4 heteroatoms. The third-order valence-corrected chi connectivity index (χ3v) is 2.74. The molecule has 0 bridgehead atoms. The highest BCUT2D eigenvalue weighted by Gasteiger charge is 1.99. The van der Waals surface area contributed by atoms with Gasteiger partial charge in [0, 0.05) is 6.42 Å². The van der Waals surface area contributed by atoms with Gasteiger partial charge in [-0.25, -0.2) is 4.39 Å². The van der Waals surface area contributed by atoms with E-state index in [2.05, 4.69) is 0 Å². The fourth-order valence-corrected chi connectivity index (χ4v) is 1.86. The molecule has 0 amide bonds. The number of rotatable bonds is 5. The van der Waals surface area contributed by atoms with E-state index >= 15 is 0 Å². The van der Waals surface area contributed by atoms with Crippen LogP contribution in [0.5, 0.6) is 5.75 Å². The number of benzene rings is 2. The lowest BCUT2D eigenvalue weighted by atomic mass is 10.1. The number of thiocarbonyl (C=S) groups is 1. The van der Waals surface area contributed by atoms with Crippen LogP contribution in [0.2, 0.25) is 0 Å². The summed E-state index contributed by atoms with van der Waals surface area (Å²) >= 11 is 4.85. The normalized spacial score (nSPS) is 10.2. The van der Waals surface area contributed by atoms with Gasteiger partial charge in [0.15, 0.2) is 0 Å². The highest BCUT2D eigenvalue weighted by atomic mass is 32.1. The molecular formula is C15H14FNOS. The second-order valence-corrected chi connectivity index (χ2v) is 4.73. The molecule has 2 N–H and O–H groups in total. The molecule has 0 aliphatic heterocycles. The van der Waals surface area contributed by atoms with Crippen molar-refractivity contribution in [3.8, 4) is 5.75 Å². The molecule has 2 nitrogen and oxygen atoms in total. The van der Waals surface area contributed by atoms with Crippen LogP contribution in [0.15, 0.2) is 48.5 Å². The van der Waals surface area contributed by atoms with Gasteiger partial charge in [-0.1, -0.05) is 36.5 Å². The zero-order valence-electron chi connectivity index (χ0n) is 10.3. The molecule has 2 rings (SSSR count). The van der Waals surface area contributed by atoms with Crippen molar-refractivity contribution in [1.29, 1.82) is 0 Å². The van der Waals surface area contributed by atoms with Gasteiger partial charge in [-0.3, -0.25) is 0 Å². The van der Waals surface area contributed by atoms with E-state index in [4.69, 9.17) is 22.7 Å². The summed E-state index contributed by atoms with van der Waals surface area (Å²) in [5.74, 6) is 0.476. The minimum absolute atomic E-state index is 0.257. The number of halogens is 1. The molecule has 2 aromatic rings. The summed E-state index contributed by atoms with van der Waals surface area (Å²) in [6.45, 7) is 0.340. The molecule has 0 saturated heterocycles. The van der Waals surface area contributed by atoms with Crippen molar-refractivity contribution in [2.45, 2.75) is 13.0 Å². The van der Waals surface area contributed by atoms with Crippen molar-refractivity contribution in [2.24, 2.45) is 5.73 Å². The Morgan fingerprint density at radius 2 is 1.84 bits per heavy atom. The Labute approximate surface area is 117 Å². The van der Waals surface area contributed by atoms with E-state index in [0.29, 0.717) is 18.0 Å². The van der Waals surface area contributed by atoms with Gasteiger partial charge in [-0.05, 0) is 35.4 Å². The van der Waals surface area contributed by atoms with Crippen LogP contribution in [0.25, 0.3) is 0 Å². The summed E-state index contributed by atoms with van der Waals surface area (Å²) in [5, 5.41) is 0. The summed E-state index contributed by atoms with van der Waals surface area (Å²) in [6, 6.07) is 13.9. The van der Waals surface area contributed by atoms with Crippen LogP contribution in [0, 0.1) is 5.82 Å². The molecule has 98 valence electrons. The summed E-state index contributed by atoms with van der Waals surface area (Å²) in [7, 11) is 0. The van der Waals surface area contributed by atoms with Crippen molar-refractivity contribution in [1.82, 2.24) is 0 Å². The predicted octanol–water partition coefficient (Wildman–Crippen LogP) is 3.23. The minimum Gasteiger partial charge on any atom is -0.489 e. The van der Waals surface area contributed by atoms with E-state index in [1.807, 2.05) is 30.3 Å². The standard InChI is InChI=1S/C15H14FNOS/c16-13-3-1-2-12(8-13)10-18-14-6-4-11(5-7-14)9-15(17)19/h1-8H,9-10H2,(H2,17,19). The van der Waals surface area contributed by atoms with Gasteiger partial charge >= 0.3 is 0 Å². The number of hydrogen-bond acceptors (Lipinski definition) is 2. The van der Waals surface area contributed by atoms with Crippen LogP contribution in [-0.4, -0.2) is 4.99 Å². The topological polar surface area (TPSA) is 35.2 Å². The van der Waals surface area contributed by atoms with Crippen molar-refractivity contribution >= 4 is 17.2 Å². The minimum atomic E-state index is -0.257. The van der Waals surface area contributed by atoms with Crippen molar-refractivity contribution in [3.05, 3.63) is 65.5 Å². The van der Waals surface area contributed by atoms with Gasteiger partial charge in [0.05, 0.1) is 4.99 Å². The Hall–Kier alpha value is -1.94. The summed E-state index contributed by atoms with van der Waals surface area (Å²) < 4.78 is 18.6. The summed E-state index contributed by atoms with van der Waals surface area (Å²) in [4.78, 5) is 0.466. The molecule has 2 aromatic carbocycles. The van der Waals surface area contributed by atoms with Crippen molar-refractivity contribution in [2.75, 3.05) is 0 Å². The molecule has 0 aliphatic rings. The largest absolute Gasteiger partial charge is 0.489 e. The Bertz CT molecular complexity index is 569. The molecule has 0 atom stereocenters. The first-order chi connectivity index (χ1) is 9.13. The van der Waals surface area contributed by atoms with E-state index in [0.717, 1.165) is 16.9 Å². The highest BCUT2D eigenvalue weighted by Crippen LogP contribution is 2.15. The second-order valence-electron chi connectivity index (χ2n) is 4.21. The molecule has 0 unspecified atom stereocenters. The summed E-state index contributed by atoms with van der Waals surface area (Å²) in [6.07, 6.45) is 0.583. The van der Waals surface area contributed by atoms with Crippen molar-refractivity contribution < 1.29 is 9.13 Å². The van der Waals surface area contributed by atoms with E-state index in [9.17, 15) is 4.39 Å². The fraction of sp³-hybridized carbons (Fsp3) is 0.133. The molecule has 19 heavy (non-hydrogen) atoms. The lowest BCUT2D eigenvalue weighted by molar-refractivity contribution is 0.305. The smallest absolute Gasteiger partial charge is 0.123 e. The lowest BCUT2D eigenvalue weighted by Crippen LogP contribution is -2.10. The predicted molar refractivity (Wildman–Crippen MR) is 77.7 cm³/mol. The fourth-order valence-electron chi connectivity index (χ4n) is 1.70. The van der Waals surface area contributed by atoms with Gasteiger partial charge in [-0.15, -0.1) is 0 Å². The maximum Gasteiger partial charge on any atom is 0.123 e. The molecule has 0 radical (unpaired) electrons. The Kier molecular flexibility index (Phi) is 4.47. The maximum absolute atomic E-state index is 13.0. The van der Waals surface area contributed by atoms with Crippen LogP contribution < -0.4 is 10.5 Å². The number of nitrogens with two attached hydrogens (primary N) is 1. The third-order valence-electron chi connectivity index (χ3n) is 2.60. The maximum atomic E-state index is 13.0. The molecule has 0 aliphatic carbocycles. The average molecular weight is 275 g/mol. The monoisotopic (exact) mass is 275 g/mol. The van der Waals surface area contributed by atoms with Crippen LogP contribution in [0.3, 0.4) is 0 Å². The molecule has 0 saturated carbocycles. The number of hydrogen-bond donors (Lipinski definition) is 1. The molecule has 0 aromatic heterocycles. The quantitative estimate of drug-likeness (QED) is 0.851. The van der Waals surface area contributed by atoms with E-state index in [-0.39, 0.29) is 5.82 Å². The SMILES string of the molecule is NC(=S)Cc1ccc(OCc2cccc(F)c2)cc1.